The molecule has 0 unspecified atom stereocenters. The lowest BCUT2D eigenvalue weighted by Crippen LogP contribution is -2.17. The molecule has 0 aliphatic rings. The van der Waals surface area contributed by atoms with E-state index in [9.17, 15) is 9.59 Å². The van der Waals surface area contributed by atoms with Gasteiger partial charge in [-0.05, 0) is 35.9 Å². The zero-order valence-corrected chi connectivity index (χ0v) is 14.3. The number of hydrogen-bond acceptors (Lipinski definition) is 4. The molecular formula is C18H11ClN2O3S. The van der Waals surface area contributed by atoms with Crippen molar-refractivity contribution in [3.05, 3.63) is 74.0 Å². The number of thiazole rings is 1. The van der Waals surface area contributed by atoms with Crippen LogP contribution in [0.4, 0.5) is 0 Å². The molecule has 0 fully saturated rings. The Morgan fingerprint density at radius 1 is 1.24 bits per heavy atom. The van der Waals surface area contributed by atoms with Crippen LogP contribution in [0.15, 0.2) is 47.3 Å². The predicted molar refractivity (Wildman–Crippen MR) is 99.0 cm³/mol. The van der Waals surface area contributed by atoms with E-state index in [1.165, 1.54) is 6.07 Å². The largest absolute Gasteiger partial charge is 0.477 e. The second kappa shape index (κ2) is 5.98. The van der Waals surface area contributed by atoms with E-state index in [0.717, 1.165) is 20.8 Å². The minimum absolute atomic E-state index is 0.305. The summed E-state index contributed by atoms with van der Waals surface area (Å²) < 4.78 is 1.09. The lowest BCUT2D eigenvalue weighted by molar-refractivity contribution is 0.0695. The van der Waals surface area contributed by atoms with E-state index < -0.39 is 11.5 Å². The Balaban J connectivity index is 1.87. The minimum Gasteiger partial charge on any atom is -0.477 e. The quantitative estimate of drug-likeness (QED) is 0.569. The van der Waals surface area contributed by atoms with E-state index in [4.69, 9.17) is 16.7 Å². The number of carboxylic acids is 1. The van der Waals surface area contributed by atoms with Crippen molar-refractivity contribution >= 4 is 50.0 Å². The third kappa shape index (κ3) is 2.90. The molecule has 0 bridgehead atoms. The zero-order chi connectivity index (χ0) is 17.6. The number of benzene rings is 2. The number of carboxylic acid groups (broad SMARTS) is 1. The van der Waals surface area contributed by atoms with Crippen molar-refractivity contribution in [3.8, 4) is 0 Å². The molecule has 0 amide bonds. The van der Waals surface area contributed by atoms with Gasteiger partial charge in [0, 0.05) is 16.8 Å². The van der Waals surface area contributed by atoms with Crippen molar-refractivity contribution in [3.63, 3.8) is 0 Å². The first-order chi connectivity index (χ1) is 12.0. The summed E-state index contributed by atoms with van der Waals surface area (Å²) in [6, 6.07) is 12.6. The number of nitrogens with zero attached hydrogens (tertiary/aromatic N) is 1. The SMILES string of the molecule is O=C(O)c1cc2cc(Cl)cc(Cc3nc4ccccc4s3)c2[nH]c1=O. The van der Waals surface area contributed by atoms with E-state index in [1.54, 1.807) is 23.5 Å². The van der Waals surface area contributed by atoms with E-state index in [0.29, 0.717) is 22.3 Å². The topological polar surface area (TPSA) is 83.0 Å². The van der Waals surface area contributed by atoms with Gasteiger partial charge in [0.05, 0.1) is 20.7 Å². The summed E-state index contributed by atoms with van der Waals surface area (Å²) in [7, 11) is 0. The van der Waals surface area contributed by atoms with Crippen LogP contribution in [0, 0.1) is 0 Å². The molecule has 124 valence electrons. The van der Waals surface area contributed by atoms with E-state index in [2.05, 4.69) is 9.97 Å². The molecule has 0 aliphatic carbocycles. The number of nitrogens with one attached hydrogen (secondary N) is 1. The Kier molecular flexibility index (Phi) is 3.78. The van der Waals surface area contributed by atoms with Crippen molar-refractivity contribution in [2.24, 2.45) is 0 Å². The first kappa shape index (κ1) is 15.8. The fourth-order valence-corrected chi connectivity index (χ4v) is 4.05. The molecule has 4 aromatic rings. The molecule has 0 aliphatic heterocycles. The molecule has 25 heavy (non-hydrogen) atoms. The van der Waals surface area contributed by atoms with E-state index >= 15 is 0 Å². The number of aromatic nitrogens is 2. The molecule has 0 saturated heterocycles. The van der Waals surface area contributed by atoms with Crippen molar-refractivity contribution in [1.29, 1.82) is 0 Å². The highest BCUT2D eigenvalue weighted by molar-refractivity contribution is 7.18. The molecule has 5 nitrogen and oxygen atoms in total. The van der Waals surface area contributed by atoms with Crippen molar-refractivity contribution < 1.29 is 9.90 Å². The molecule has 0 saturated carbocycles. The zero-order valence-electron chi connectivity index (χ0n) is 12.7. The van der Waals surface area contributed by atoms with Gasteiger partial charge in [-0.1, -0.05) is 23.7 Å². The van der Waals surface area contributed by atoms with Crippen LogP contribution in [0.2, 0.25) is 5.02 Å². The van der Waals surface area contributed by atoms with Gasteiger partial charge in [-0.25, -0.2) is 9.78 Å². The molecule has 2 N–H and O–H groups in total. The molecular weight excluding hydrogens is 360 g/mol. The first-order valence-electron chi connectivity index (χ1n) is 7.44. The standard InChI is InChI=1S/C18H11ClN2O3S/c19-11-5-9-7-12(18(23)24)17(22)21-16(9)10(6-11)8-15-20-13-3-1-2-4-14(13)25-15/h1-7H,8H2,(H,21,22)(H,23,24). The van der Waals surface area contributed by atoms with Crippen LogP contribution in [0.25, 0.3) is 21.1 Å². The maximum absolute atomic E-state index is 12.0. The highest BCUT2D eigenvalue weighted by Gasteiger charge is 2.14. The van der Waals surface area contributed by atoms with Gasteiger partial charge in [0.1, 0.15) is 5.56 Å². The molecule has 2 heterocycles. The second-order valence-corrected chi connectivity index (χ2v) is 7.15. The second-order valence-electron chi connectivity index (χ2n) is 5.60. The third-order valence-electron chi connectivity index (χ3n) is 3.91. The fraction of sp³-hybridized carbons (Fsp3) is 0.0556. The van der Waals surface area contributed by atoms with Gasteiger partial charge >= 0.3 is 5.97 Å². The van der Waals surface area contributed by atoms with Gasteiger partial charge < -0.3 is 10.1 Å². The lowest BCUT2D eigenvalue weighted by Gasteiger charge is -2.07. The number of hydrogen-bond donors (Lipinski definition) is 2. The Hall–Kier alpha value is -2.70. The summed E-state index contributed by atoms with van der Waals surface area (Å²) in [6.07, 6.45) is 0.499. The maximum Gasteiger partial charge on any atom is 0.341 e. The van der Waals surface area contributed by atoms with Crippen LogP contribution in [-0.2, 0) is 6.42 Å². The molecule has 2 aromatic carbocycles. The number of rotatable bonds is 3. The summed E-state index contributed by atoms with van der Waals surface area (Å²) in [5.41, 5.74) is 1.37. The van der Waals surface area contributed by atoms with Gasteiger partial charge in [-0.3, -0.25) is 4.79 Å². The summed E-state index contributed by atoms with van der Waals surface area (Å²) in [4.78, 5) is 30.5. The number of halogens is 1. The third-order valence-corrected chi connectivity index (χ3v) is 5.16. The molecule has 0 spiro atoms. The Bertz CT molecular complexity index is 1160. The highest BCUT2D eigenvalue weighted by Crippen LogP contribution is 2.28. The van der Waals surface area contributed by atoms with Gasteiger partial charge in [0.15, 0.2) is 0 Å². The summed E-state index contributed by atoms with van der Waals surface area (Å²) in [6.45, 7) is 0. The smallest absolute Gasteiger partial charge is 0.341 e. The average Bonchev–Trinajstić information content (AvgIpc) is 2.97. The normalized spacial score (nSPS) is 11.2. The number of aromatic carboxylic acids is 1. The fourth-order valence-electron chi connectivity index (χ4n) is 2.81. The maximum atomic E-state index is 12.0. The van der Waals surface area contributed by atoms with Crippen molar-refractivity contribution in [2.45, 2.75) is 6.42 Å². The Morgan fingerprint density at radius 2 is 2.04 bits per heavy atom. The van der Waals surface area contributed by atoms with E-state index in [1.807, 2.05) is 24.3 Å². The molecule has 0 atom stereocenters. The average molecular weight is 371 g/mol. The van der Waals surface area contributed by atoms with Gasteiger partial charge in [0.25, 0.3) is 5.56 Å². The van der Waals surface area contributed by atoms with Crippen LogP contribution in [0.1, 0.15) is 20.9 Å². The van der Waals surface area contributed by atoms with Gasteiger partial charge in [0.2, 0.25) is 0 Å². The monoisotopic (exact) mass is 370 g/mol. The van der Waals surface area contributed by atoms with Crippen LogP contribution < -0.4 is 5.56 Å². The number of fused-ring (bicyclic) bond motifs is 2. The molecule has 7 heteroatoms. The predicted octanol–water partition coefficient (Wildman–Crippen LogP) is 4.08. The number of aromatic amines is 1. The van der Waals surface area contributed by atoms with Gasteiger partial charge in [-0.15, -0.1) is 11.3 Å². The number of pyridine rings is 1. The van der Waals surface area contributed by atoms with Crippen LogP contribution in [-0.4, -0.2) is 21.0 Å². The summed E-state index contributed by atoms with van der Waals surface area (Å²) in [5.74, 6) is -1.27. The van der Waals surface area contributed by atoms with Crippen molar-refractivity contribution in [2.75, 3.05) is 0 Å². The number of carbonyl (C=O) groups is 1. The number of para-hydroxylation sites is 1. The van der Waals surface area contributed by atoms with Crippen LogP contribution >= 0.6 is 22.9 Å². The Morgan fingerprint density at radius 3 is 2.80 bits per heavy atom. The lowest BCUT2D eigenvalue weighted by atomic mass is 10.1. The number of H-pyrrole nitrogens is 1. The van der Waals surface area contributed by atoms with Crippen molar-refractivity contribution in [1.82, 2.24) is 9.97 Å². The Labute approximate surface area is 150 Å². The van der Waals surface area contributed by atoms with Crippen LogP contribution in [0.5, 0.6) is 0 Å². The highest BCUT2D eigenvalue weighted by atomic mass is 35.5. The summed E-state index contributed by atoms with van der Waals surface area (Å²) in [5, 5.41) is 11.1. The van der Waals surface area contributed by atoms with Gasteiger partial charge in [-0.2, -0.15) is 0 Å². The molecule has 2 aromatic heterocycles. The van der Waals surface area contributed by atoms with Crippen LogP contribution in [0.3, 0.4) is 0 Å². The van der Waals surface area contributed by atoms with E-state index in [-0.39, 0.29) is 5.56 Å². The summed E-state index contributed by atoms with van der Waals surface area (Å²) >= 11 is 7.76. The molecule has 0 radical (unpaired) electrons. The minimum atomic E-state index is -1.27. The molecule has 4 rings (SSSR count). The first-order valence-corrected chi connectivity index (χ1v) is 8.64.